The van der Waals surface area contributed by atoms with E-state index < -0.39 is 0 Å². The van der Waals surface area contributed by atoms with Crippen molar-refractivity contribution in [2.24, 2.45) is 11.8 Å². The quantitative estimate of drug-likeness (QED) is 0.431. The van der Waals surface area contributed by atoms with Crippen molar-refractivity contribution in [1.82, 2.24) is 15.8 Å². The highest BCUT2D eigenvalue weighted by Crippen LogP contribution is 2.28. The summed E-state index contributed by atoms with van der Waals surface area (Å²) < 4.78 is 10.8. The minimum atomic E-state index is 0.0998. The van der Waals surface area contributed by atoms with Gasteiger partial charge in [-0.05, 0) is 67.6 Å². The van der Waals surface area contributed by atoms with E-state index in [1.165, 1.54) is 4.90 Å². The van der Waals surface area contributed by atoms with Gasteiger partial charge in [-0.15, -0.1) is 11.8 Å². The standard InChI is InChI=1S/C26H31N3O3S/c1-31-23-9-7-19(8-10-23)16-28-26(30)14-20-11-12-27-17-21(20)13-22-15-24(32-29-22)18-33-25-5-3-2-4-6-25/h2-10,15,20-21,27H,11-14,16-18H2,1H3,(H,28,30)/t20-,21-/m0/s1. The van der Waals surface area contributed by atoms with Crippen molar-refractivity contribution in [3.63, 3.8) is 0 Å². The topological polar surface area (TPSA) is 76.4 Å². The van der Waals surface area contributed by atoms with Crippen molar-refractivity contribution in [2.75, 3.05) is 20.2 Å². The Balaban J connectivity index is 1.26. The number of aromatic nitrogens is 1. The molecular weight excluding hydrogens is 434 g/mol. The van der Waals surface area contributed by atoms with Crippen LogP contribution in [-0.2, 0) is 23.5 Å². The largest absolute Gasteiger partial charge is 0.497 e. The second-order valence-corrected chi connectivity index (χ2v) is 9.48. The number of carbonyl (C=O) groups excluding carboxylic acids is 1. The number of methoxy groups -OCH3 is 1. The Hall–Kier alpha value is -2.77. The molecule has 2 aromatic carbocycles. The second kappa shape index (κ2) is 11.9. The fraction of sp³-hybridized carbons (Fsp3) is 0.385. The predicted octanol–water partition coefficient (Wildman–Crippen LogP) is 4.45. The van der Waals surface area contributed by atoms with Crippen LogP contribution in [-0.4, -0.2) is 31.3 Å². The fourth-order valence-electron chi connectivity index (χ4n) is 4.20. The highest BCUT2D eigenvalue weighted by atomic mass is 32.2. The number of carbonyl (C=O) groups is 1. The molecule has 1 aromatic heterocycles. The maximum absolute atomic E-state index is 12.6. The molecular formula is C26H31N3O3S. The number of hydrogen-bond acceptors (Lipinski definition) is 6. The van der Waals surface area contributed by atoms with Crippen LogP contribution in [0.1, 0.15) is 29.9 Å². The number of piperidine rings is 1. The van der Waals surface area contributed by atoms with E-state index in [1.807, 2.05) is 42.5 Å². The van der Waals surface area contributed by atoms with Crippen LogP contribution in [0, 0.1) is 11.8 Å². The van der Waals surface area contributed by atoms with Crippen molar-refractivity contribution in [3.05, 3.63) is 77.7 Å². The first-order valence-electron chi connectivity index (χ1n) is 11.4. The molecule has 33 heavy (non-hydrogen) atoms. The molecule has 2 N–H and O–H groups in total. The molecule has 1 amide bonds. The minimum Gasteiger partial charge on any atom is -0.497 e. The molecule has 1 aliphatic rings. The summed E-state index contributed by atoms with van der Waals surface area (Å²) in [5.41, 5.74) is 2.03. The van der Waals surface area contributed by atoms with E-state index in [4.69, 9.17) is 9.26 Å². The molecule has 1 fully saturated rings. The molecule has 0 spiro atoms. The molecule has 2 heterocycles. The smallest absolute Gasteiger partial charge is 0.220 e. The third kappa shape index (κ3) is 7.11. The first kappa shape index (κ1) is 23.4. The second-order valence-electron chi connectivity index (χ2n) is 8.43. The number of nitrogens with one attached hydrogen (secondary N) is 2. The molecule has 0 radical (unpaired) electrons. The Morgan fingerprint density at radius 2 is 2.00 bits per heavy atom. The highest BCUT2D eigenvalue weighted by Gasteiger charge is 2.28. The van der Waals surface area contributed by atoms with Crippen LogP contribution in [0.25, 0.3) is 0 Å². The molecule has 0 unspecified atom stereocenters. The number of thioether (sulfide) groups is 1. The normalized spacial score (nSPS) is 18.1. The van der Waals surface area contributed by atoms with Gasteiger partial charge in [0, 0.05) is 23.9 Å². The molecule has 174 valence electrons. The van der Waals surface area contributed by atoms with Crippen molar-refractivity contribution < 1.29 is 14.1 Å². The van der Waals surface area contributed by atoms with E-state index in [2.05, 4.69) is 34.0 Å². The van der Waals surface area contributed by atoms with E-state index in [-0.39, 0.29) is 5.91 Å². The maximum atomic E-state index is 12.6. The van der Waals surface area contributed by atoms with Crippen molar-refractivity contribution >= 4 is 17.7 Å². The molecule has 0 saturated carbocycles. The number of ether oxygens (including phenoxy) is 1. The van der Waals surface area contributed by atoms with Crippen LogP contribution in [0.15, 0.2) is 70.1 Å². The van der Waals surface area contributed by atoms with E-state index in [0.29, 0.717) is 24.8 Å². The molecule has 4 rings (SSSR count). The van der Waals surface area contributed by atoms with Crippen LogP contribution >= 0.6 is 11.8 Å². The lowest BCUT2D eigenvalue weighted by Crippen LogP contribution is -2.40. The predicted molar refractivity (Wildman–Crippen MR) is 130 cm³/mol. The average molecular weight is 466 g/mol. The monoisotopic (exact) mass is 465 g/mol. The van der Waals surface area contributed by atoms with Gasteiger partial charge in [-0.1, -0.05) is 35.5 Å². The van der Waals surface area contributed by atoms with Crippen molar-refractivity contribution in [1.29, 1.82) is 0 Å². The summed E-state index contributed by atoms with van der Waals surface area (Å²) >= 11 is 1.74. The lowest BCUT2D eigenvalue weighted by atomic mass is 9.81. The third-order valence-corrected chi connectivity index (χ3v) is 7.10. The highest BCUT2D eigenvalue weighted by molar-refractivity contribution is 7.98. The molecule has 6 nitrogen and oxygen atoms in total. The van der Waals surface area contributed by atoms with Gasteiger partial charge >= 0.3 is 0 Å². The van der Waals surface area contributed by atoms with Gasteiger partial charge < -0.3 is 19.9 Å². The van der Waals surface area contributed by atoms with Gasteiger partial charge in [0.1, 0.15) is 11.5 Å². The summed E-state index contributed by atoms with van der Waals surface area (Å²) in [6, 6.07) is 20.1. The van der Waals surface area contributed by atoms with Gasteiger partial charge in [0.2, 0.25) is 5.91 Å². The van der Waals surface area contributed by atoms with Crippen LogP contribution in [0.4, 0.5) is 0 Å². The van der Waals surface area contributed by atoms with Gasteiger partial charge in [-0.2, -0.15) is 0 Å². The third-order valence-electron chi connectivity index (χ3n) is 6.06. The van der Waals surface area contributed by atoms with Gasteiger partial charge in [-0.25, -0.2) is 0 Å². The first-order chi connectivity index (χ1) is 16.2. The summed E-state index contributed by atoms with van der Waals surface area (Å²) in [5, 5.41) is 10.8. The van der Waals surface area contributed by atoms with Crippen LogP contribution in [0.3, 0.4) is 0 Å². The maximum Gasteiger partial charge on any atom is 0.220 e. The van der Waals surface area contributed by atoms with Gasteiger partial charge in [0.05, 0.1) is 18.6 Å². The summed E-state index contributed by atoms with van der Waals surface area (Å²) in [6.45, 7) is 2.38. The Morgan fingerprint density at radius 3 is 2.79 bits per heavy atom. The Bertz CT molecular complexity index is 1010. The molecule has 3 aromatic rings. The molecule has 2 atom stereocenters. The van der Waals surface area contributed by atoms with E-state index >= 15 is 0 Å². The zero-order valence-corrected chi connectivity index (χ0v) is 19.8. The van der Waals surface area contributed by atoms with Crippen LogP contribution < -0.4 is 15.4 Å². The molecule has 1 saturated heterocycles. The van der Waals surface area contributed by atoms with E-state index in [0.717, 1.165) is 54.5 Å². The van der Waals surface area contributed by atoms with Gasteiger partial charge in [0.15, 0.2) is 0 Å². The average Bonchev–Trinajstić information content (AvgIpc) is 3.31. The number of rotatable bonds is 10. The van der Waals surface area contributed by atoms with Crippen LogP contribution in [0.5, 0.6) is 5.75 Å². The fourth-order valence-corrected chi connectivity index (χ4v) is 4.99. The lowest BCUT2D eigenvalue weighted by Gasteiger charge is -2.31. The Kier molecular flexibility index (Phi) is 8.44. The van der Waals surface area contributed by atoms with Gasteiger partial charge in [-0.3, -0.25) is 4.79 Å². The van der Waals surface area contributed by atoms with Crippen molar-refractivity contribution in [3.8, 4) is 5.75 Å². The SMILES string of the molecule is COc1ccc(CNC(=O)C[C@@H]2CCNC[C@@H]2Cc2cc(CSc3ccccc3)on2)cc1. The summed E-state index contributed by atoms with van der Waals surface area (Å²) in [5.74, 6) is 3.26. The minimum absolute atomic E-state index is 0.0998. The Morgan fingerprint density at radius 1 is 1.18 bits per heavy atom. The first-order valence-corrected chi connectivity index (χ1v) is 12.4. The molecule has 0 aliphatic carbocycles. The number of hydrogen-bond donors (Lipinski definition) is 2. The van der Waals surface area contributed by atoms with Gasteiger partial charge in [0.25, 0.3) is 0 Å². The number of benzene rings is 2. The lowest BCUT2D eigenvalue weighted by molar-refractivity contribution is -0.122. The summed E-state index contributed by atoms with van der Waals surface area (Å²) in [7, 11) is 1.65. The van der Waals surface area contributed by atoms with E-state index in [1.54, 1.807) is 18.9 Å². The molecule has 1 aliphatic heterocycles. The molecule has 7 heteroatoms. The Labute approximate surface area is 199 Å². The number of amides is 1. The zero-order valence-electron chi connectivity index (χ0n) is 19.0. The summed E-state index contributed by atoms with van der Waals surface area (Å²) in [6.07, 6.45) is 2.36. The van der Waals surface area contributed by atoms with Crippen molar-refractivity contribution in [2.45, 2.75) is 36.5 Å². The zero-order chi connectivity index (χ0) is 22.9. The summed E-state index contributed by atoms with van der Waals surface area (Å²) in [4.78, 5) is 13.9. The van der Waals surface area contributed by atoms with Crippen LogP contribution in [0.2, 0.25) is 0 Å². The number of nitrogens with zero attached hydrogens (tertiary/aromatic N) is 1. The molecule has 0 bridgehead atoms. The van der Waals surface area contributed by atoms with E-state index in [9.17, 15) is 4.79 Å².